The molecule has 28 heavy (non-hydrogen) atoms. The molecule has 4 heterocycles. The standard InChI is InChI=1S/C19H23FN4O3S/c1-23-9-6-15(12-27-18-17(20)5-3-8-22-18)10-19(23)13-24(14-19)28(25,26)16-4-2-7-21-11-16/h2-5,7-8,11,15H,6,9-10,12-14H2,1H3/t15-/m0/s1. The molecule has 1 spiro atoms. The minimum Gasteiger partial charge on any atom is -0.475 e. The number of likely N-dealkylation sites (tertiary alicyclic amines) is 1. The molecule has 2 saturated heterocycles. The average Bonchev–Trinajstić information content (AvgIpc) is 2.67. The number of aromatic nitrogens is 2. The molecule has 2 aromatic heterocycles. The molecule has 1 atom stereocenters. The second kappa shape index (κ2) is 7.38. The highest BCUT2D eigenvalue weighted by atomic mass is 32.2. The molecule has 7 nitrogen and oxygen atoms in total. The van der Waals surface area contributed by atoms with Gasteiger partial charge in [-0.2, -0.15) is 4.31 Å². The lowest BCUT2D eigenvalue weighted by Gasteiger charge is -2.57. The molecule has 150 valence electrons. The van der Waals surface area contributed by atoms with Crippen LogP contribution in [0.4, 0.5) is 4.39 Å². The van der Waals surface area contributed by atoms with Gasteiger partial charge in [0.05, 0.1) is 6.61 Å². The summed E-state index contributed by atoms with van der Waals surface area (Å²) in [5.74, 6) is -0.228. The normalized spacial score (nSPS) is 22.7. The predicted molar refractivity (Wildman–Crippen MR) is 101 cm³/mol. The largest absolute Gasteiger partial charge is 0.475 e. The van der Waals surface area contributed by atoms with Gasteiger partial charge in [0.15, 0.2) is 5.82 Å². The number of halogens is 1. The number of nitrogens with zero attached hydrogens (tertiary/aromatic N) is 4. The van der Waals surface area contributed by atoms with E-state index in [4.69, 9.17) is 4.74 Å². The van der Waals surface area contributed by atoms with Crippen LogP contribution in [0.3, 0.4) is 0 Å². The first kappa shape index (κ1) is 19.2. The van der Waals surface area contributed by atoms with Crippen LogP contribution in [0.15, 0.2) is 47.8 Å². The zero-order chi connectivity index (χ0) is 19.8. The van der Waals surface area contributed by atoms with Gasteiger partial charge in [-0.1, -0.05) is 0 Å². The SMILES string of the molecule is CN1CC[C@H](COc2ncccc2F)CC12CN(S(=O)(=O)c1cccnc1)C2. The van der Waals surface area contributed by atoms with Gasteiger partial charge in [0.2, 0.25) is 15.9 Å². The molecule has 9 heteroatoms. The fourth-order valence-corrected chi connectivity index (χ4v) is 5.59. The Balaban J connectivity index is 1.40. The maximum Gasteiger partial charge on any atom is 0.250 e. The summed E-state index contributed by atoms with van der Waals surface area (Å²) in [6.45, 7) is 2.10. The Labute approximate surface area is 164 Å². The van der Waals surface area contributed by atoms with Gasteiger partial charge in [0, 0.05) is 37.2 Å². The summed E-state index contributed by atoms with van der Waals surface area (Å²) < 4.78 is 46.3. The summed E-state index contributed by atoms with van der Waals surface area (Å²) in [5.41, 5.74) is -0.204. The zero-order valence-electron chi connectivity index (χ0n) is 15.7. The predicted octanol–water partition coefficient (Wildman–Crippen LogP) is 1.78. The van der Waals surface area contributed by atoms with Crippen LogP contribution in [0, 0.1) is 11.7 Å². The van der Waals surface area contributed by atoms with Gasteiger partial charge in [0.25, 0.3) is 0 Å². The van der Waals surface area contributed by atoms with Crippen LogP contribution in [0.25, 0.3) is 0 Å². The Morgan fingerprint density at radius 2 is 2.07 bits per heavy atom. The Morgan fingerprint density at radius 1 is 1.29 bits per heavy atom. The van der Waals surface area contributed by atoms with Gasteiger partial charge in [-0.3, -0.25) is 9.88 Å². The third kappa shape index (κ3) is 3.49. The second-order valence-corrected chi connectivity index (χ2v) is 9.51. The number of hydrogen-bond acceptors (Lipinski definition) is 6. The van der Waals surface area contributed by atoms with Gasteiger partial charge in [-0.25, -0.2) is 17.8 Å². The molecule has 0 saturated carbocycles. The minimum atomic E-state index is -3.53. The van der Waals surface area contributed by atoms with Crippen molar-refractivity contribution in [3.63, 3.8) is 0 Å². The number of ether oxygens (including phenoxy) is 1. The van der Waals surface area contributed by atoms with Crippen LogP contribution in [-0.4, -0.2) is 66.4 Å². The first-order chi connectivity index (χ1) is 13.4. The van der Waals surface area contributed by atoms with Crippen LogP contribution < -0.4 is 4.74 Å². The van der Waals surface area contributed by atoms with Crippen molar-refractivity contribution in [3.05, 3.63) is 48.7 Å². The average molecular weight is 406 g/mol. The number of sulfonamides is 1. The Kier molecular flexibility index (Phi) is 5.07. The number of piperidine rings is 1. The number of rotatable bonds is 5. The summed E-state index contributed by atoms with van der Waals surface area (Å²) in [5, 5.41) is 0. The van der Waals surface area contributed by atoms with Gasteiger partial charge in [0.1, 0.15) is 4.90 Å². The highest BCUT2D eigenvalue weighted by Gasteiger charge is 2.53. The van der Waals surface area contributed by atoms with E-state index in [9.17, 15) is 12.8 Å². The molecule has 2 fully saturated rings. The van der Waals surface area contributed by atoms with Gasteiger partial charge in [-0.15, -0.1) is 0 Å². The van der Waals surface area contributed by atoms with Crippen molar-refractivity contribution in [2.45, 2.75) is 23.3 Å². The fourth-order valence-electron chi connectivity index (χ4n) is 4.02. The fraction of sp³-hybridized carbons (Fsp3) is 0.474. The Morgan fingerprint density at radius 3 is 2.79 bits per heavy atom. The zero-order valence-corrected chi connectivity index (χ0v) is 16.5. The summed E-state index contributed by atoms with van der Waals surface area (Å²) in [6, 6.07) is 6.04. The third-order valence-electron chi connectivity index (χ3n) is 5.75. The van der Waals surface area contributed by atoms with Crippen LogP contribution >= 0.6 is 0 Å². The van der Waals surface area contributed by atoms with Crippen molar-refractivity contribution in [1.29, 1.82) is 0 Å². The maximum atomic E-state index is 13.7. The minimum absolute atomic E-state index is 0.0184. The monoisotopic (exact) mass is 406 g/mol. The topological polar surface area (TPSA) is 75.6 Å². The molecule has 4 rings (SSSR count). The lowest BCUT2D eigenvalue weighted by Crippen LogP contribution is -2.72. The highest BCUT2D eigenvalue weighted by molar-refractivity contribution is 7.89. The van der Waals surface area contributed by atoms with E-state index in [1.165, 1.54) is 28.8 Å². The summed E-state index contributed by atoms with van der Waals surface area (Å²) in [4.78, 5) is 10.3. The lowest BCUT2D eigenvalue weighted by molar-refractivity contribution is -0.0500. The van der Waals surface area contributed by atoms with Crippen LogP contribution in [0.2, 0.25) is 0 Å². The van der Waals surface area contributed by atoms with Crippen molar-refractivity contribution in [3.8, 4) is 5.88 Å². The molecule has 0 radical (unpaired) electrons. The molecule has 0 aliphatic carbocycles. The third-order valence-corrected chi connectivity index (χ3v) is 7.52. The van der Waals surface area contributed by atoms with Crippen molar-refractivity contribution in [2.24, 2.45) is 5.92 Å². The smallest absolute Gasteiger partial charge is 0.250 e. The van der Waals surface area contributed by atoms with Gasteiger partial charge in [-0.05, 0) is 56.6 Å². The number of pyridine rings is 2. The van der Waals surface area contributed by atoms with Crippen molar-refractivity contribution in [1.82, 2.24) is 19.2 Å². The van der Waals surface area contributed by atoms with Crippen LogP contribution in [-0.2, 0) is 10.0 Å². The first-order valence-electron chi connectivity index (χ1n) is 9.25. The molecule has 2 aromatic rings. The van der Waals surface area contributed by atoms with Crippen molar-refractivity contribution in [2.75, 3.05) is 33.3 Å². The van der Waals surface area contributed by atoms with Crippen LogP contribution in [0.1, 0.15) is 12.8 Å². The molecule has 0 aromatic carbocycles. The highest BCUT2D eigenvalue weighted by Crippen LogP contribution is 2.40. The van der Waals surface area contributed by atoms with E-state index in [1.54, 1.807) is 18.3 Å². The van der Waals surface area contributed by atoms with Gasteiger partial charge < -0.3 is 4.74 Å². The quantitative estimate of drug-likeness (QED) is 0.754. The lowest BCUT2D eigenvalue weighted by atomic mass is 9.77. The van der Waals surface area contributed by atoms with Crippen LogP contribution in [0.5, 0.6) is 5.88 Å². The van der Waals surface area contributed by atoms with E-state index in [0.717, 1.165) is 19.4 Å². The molecule has 0 amide bonds. The number of hydrogen-bond donors (Lipinski definition) is 0. The van der Waals surface area contributed by atoms with Gasteiger partial charge >= 0.3 is 0 Å². The first-order valence-corrected chi connectivity index (χ1v) is 10.7. The van der Waals surface area contributed by atoms with E-state index in [1.807, 2.05) is 7.05 Å². The summed E-state index contributed by atoms with van der Waals surface area (Å²) in [6.07, 6.45) is 6.16. The molecule has 2 aliphatic heterocycles. The number of likely N-dealkylation sites (N-methyl/N-ethyl adjacent to an activating group) is 1. The Bertz CT molecular complexity index is 935. The van der Waals surface area contributed by atoms with Crippen molar-refractivity contribution < 1.29 is 17.5 Å². The van der Waals surface area contributed by atoms with E-state index < -0.39 is 15.8 Å². The molecule has 0 bridgehead atoms. The second-order valence-electron chi connectivity index (χ2n) is 7.57. The molecular weight excluding hydrogens is 383 g/mol. The maximum absolute atomic E-state index is 13.7. The van der Waals surface area contributed by atoms with E-state index in [2.05, 4.69) is 14.9 Å². The summed E-state index contributed by atoms with van der Waals surface area (Å²) in [7, 11) is -1.49. The summed E-state index contributed by atoms with van der Waals surface area (Å²) >= 11 is 0. The van der Waals surface area contributed by atoms with E-state index in [0.29, 0.717) is 19.7 Å². The van der Waals surface area contributed by atoms with E-state index >= 15 is 0 Å². The van der Waals surface area contributed by atoms with Crippen molar-refractivity contribution >= 4 is 10.0 Å². The molecule has 2 aliphatic rings. The molecule has 0 unspecified atom stereocenters. The Hall–Kier alpha value is -2.10. The molecular formula is C19H23FN4O3S. The van der Waals surface area contributed by atoms with E-state index in [-0.39, 0.29) is 22.2 Å². The molecule has 0 N–H and O–H groups in total.